The van der Waals surface area contributed by atoms with Crippen molar-refractivity contribution in [3.05, 3.63) is 63.2 Å². The van der Waals surface area contributed by atoms with Crippen LogP contribution in [0.3, 0.4) is 0 Å². The lowest BCUT2D eigenvalue weighted by molar-refractivity contribution is -0.384. The standard InChI is InChI=1S/C18H18ClN3O5S/c19-16-8-7-14(22(24)25)12-17(16)20-18(23)13-5-4-6-15(11-13)28(26,27)21-9-2-1-3-10-21/h4-8,11-12H,1-3,9-10H2,(H,20,23). The first-order chi connectivity index (χ1) is 13.3. The molecule has 0 aliphatic carbocycles. The van der Waals surface area contributed by atoms with Crippen LogP contribution in [0.2, 0.25) is 5.02 Å². The second kappa shape index (κ2) is 8.26. The number of piperidine rings is 1. The van der Waals surface area contributed by atoms with E-state index in [0.29, 0.717) is 13.1 Å². The van der Waals surface area contributed by atoms with Gasteiger partial charge in [0.25, 0.3) is 11.6 Å². The zero-order valence-electron chi connectivity index (χ0n) is 14.8. The molecule has 1 saturated heterocycles. The van der Waals surface area contributed by atoms with Crippen molar-refractivity contribution in [2.24, 2.45) is 0 Å². The van der Waals surface area contributed by atoms with Gasteiger partial charge in [-0.2, -0.15) is 4.31 Å². The van der Waals surface area contributed by atoms with Crippen LogP contribution in [-0.2, 0) is 10.0 Å². The van der Waals surface area contributed by atoms with Crippen molar-refractivity contribution in [3.8, 4) is 0 Å². The Balaban J connectivity index is 1.85. The van der Waals surface area contributed by atoms with Gasteiger partial charge in [-0.05, 0) is 37.1 Å². The highest BCUT2D eigenvalue weighted by atomic mass is 35.5. The molecule has 0 saturated carbocycles. The van der Waals surface area contributed by atoms with Gasteiger partial charge in [-0.15, -0.1) is 0 Å². The number of nitrogens with one attached hydrogen (secondary N) is 1. The zero-order valence-corrected chi connectivity index (χ0v) is 16.4. The Morgan fingerprint density at radius 2 is 1.82 bits per heavy atom. The van der Waals surface area contributed by atoms with Gasteiger partial charge in [-0.25, -0.2) is 8.42 Å². The monoisotopic (exact) mass is 423 g/mol. The SMILES string of the molecule is O=C(Nc1cc([N+](=O)[O-])ccc1Cl)c1cccc(S(=O)(=O)N2CCCCC2)c1. The molecule has 1 amide bonds. The molecule has 2 aromatic carbocycles. The molecule has 8 nitrogen and oxygen atoms in total. The molecule has 1 heterocycles. The average Bonchev–Trinajstić information content (AvgIpc) is 2.70. The number of rotatable bonds is 5. The number of carbonyl (C=O) groups excluding carboxylic acids is 1. The molecule has 0 spiro atoms. The third-order valence-corrected chi connectivity index (χ3v) is 6.68. The van der Waals surface area contributed by atoms with E-state index in [1.807, 2.05) is 0 Å². The Morgan fingerprint density at radius 1 is 1.11 bits per heavy atom. The number of anilines is 1. The number of carbonyl (C=O) groups is 1. The van der Waals surface area contributed by atoms with Crippen molar-refractivity contribution in [1.29, 1.82) is 0 Å². The summed E-state index contributed by atoms with van der Waals surface area (Å²) in [4.78, 5) is 22.9. The van der Waals surface area contributed by atoms with Crippen LogP contribution in [-0.4, -0.2) is 36.6 Å². The second-order valence-corrected chi connectivity index (χ2v) is 8.71. The number of sulfonamides is 1. The van der Waals surface area contributed by atoms with Gasteiger partial charge in [-0.3, -0.25) is 14.9 Å². The molecule has 1 aliphatic heterocycles. The van der Waals surface area contributed by atoms with Gasteiger partial charge < -0.3 is 5.32 Å². The van der Waals surface area contributed by atoms with Gasteiger partial charge in [0.1, 0.15) is 0 Å². The Labute approximate surface area is 167 Å². The molecule has 0 atom stereocenters. The minimum Gasteiger partial charge on any atom is -0.320 e. The second-order valence-electron chi connectivity index (χ2n) is 6.37. The number of hydrogen-bond acceptors (Lipinski definition) is 5. The predicted octanol–water partition coefficient (Wildman–Crippen LogP) is 3.68. The Morgan fingerprint density at radius 3 is 2.50 bits per heavy atom. The molecule has 2 aromatic rings. The van der Waals surface area contributed by atoms with E-state index in [0.717, 1.165) is 25.3 Å². The van der Waals surface area contributed by atoms with E-state index >= 15 is 0 Å². The Bertz CT molecular complexity index is 1020. The third-order valence-electron chi connectivity index (χ3n) is 4.46. The van der Waals surface area contributed by atoms with Crippen LogP contribution in [0.5, 0.6) is 0 Å². The van der Waals surface area contributed by atoms with Gasteiger partial charge in [0, 0.05) is 30.8 Å². The zero-order chi connectivity index (χ0) is 20.3. The molecular formula is C18H18ClN3O5S. The van der Waals surface area contributed by atoms with E-state index in [1.54, 1.807) is 0 Å². The van der Waals surface area contributed by atoms with E-state index in [4.69, 9.17) is 11.6 Å². The van der Waals surface area contributed by atoms with Gasteiger partial charge in [0.2, 0.25) is 10.0 Å². The minimum absolute atomic E-state index is 0.0344. The number of nitrogens with zero attached hydrogens (tertiary/aromatic N) is 2. The van der Waals surface area contributed by atoms with Crippen molar-refractivity contribution in [3.63, 3.8) is 0 Å². The number of amides is 1. The van der Waals surface area contributed by atoms with Crippen LogP contribution in [0, 0.1) is 10.1 Å². The topological polar surface area (TPSA) is 110 Å². The van der Waals surface area contributed by atoms with Crippen molar-refractivity contribution >= 4 is 38.9 Å². The lowest BCUT2D eigenvalue weighted by Gasteiger charge is -2.26. The molecule has 0 bridgehead atoms. The van der Waals surface area contributed by atoms with Crippen LogP contribution in [0.4, 0.5) is 11.4 Å². The quantitative estimate of drug-likeness (QED) is 0.582. The predicted molar refractivity (Wildman–Crippen MR) is 105 cm³/mol. The van der Waals surface area contributed by atoms with Crippen molar-refractivity contribution < 1.29 is 18.1 Å². The fraction of sp³-hybridized carbons (Fsp3) is 0.278. The summed E-state index contributed by atoms with van der Waals surface area (Å²) in [5.41, 5.74) is -0.0352. The van der Waals surface area contributed by atoms with Crippen LogP contribution in [0.25, 0.3) is 0 Å². The Kier molecular flexibility index (Phi) is 5.97. The average molecular weight is 424 g/mol. The largest absolute Gasteiger partial charge is 0.320 e. The number of benzene rings is 2. The molecule has 0 unspecified atom stereocenters. The molecule has 10 heteroatoms. The highest BCUT2D eigenvalue weighted by Gasteiger charge is 2.26. The number of nitro benzene ring substituents is 1. The summed E-state index contributed by atoms with van der Waals surface area (Å²) in [5, 5.41) is 13.5. The molecule has 1 fully saturated rings. The summed E-state index contributed by atoms with van der Waals surface area (Å²) in [7, 11) is -3.68. The van der Waals surface area contributed by atoms with Crippen LogP contribution in [0.1, 0.15) is 29.6 Å². The molecule has 28 heavy (non-hydrogen) atoms. The molecule has 1 aliphatic rings. The lowest BCUT2D eigenvalue weighted by Crippen LogP contribution is -2.35. The summed E-state index contributed by atoms with van der Waals surface area (Å²) >= 11 is 6.00. The van der Waals surface area contributed by atoms with Crippen molar-refractivity contribution in [1.82, 2.24) is 4.31 Å². The van der Waals surface area contributed by atoms with Crippen LogP contribution in [0.15, 0.2) is 47.4 Å². The summed E-state index contributed by atoms with van der Waals surface area (Å²) in [6.07, 6.45) is 2.62. The molecule has 148 valence electrons. The Hall–Kier alpha value is -2.49. The van der Waals surface area contributed by atoms with E-state index in [2.05, 4.69) is 5.32 Å². The summed E-state index contributed by atoms with van der Waals surface area (Å²) < 4.78 is 27.0. The number of halogens is 1. The van der Waals surface area contributed by atoms with Gasteiger partial charge in [0.05, 0.1) is 20.5 Å². The fourth-order valence-corrected chi connectivity index (χ4v) is 4.70. The molecule has 0 radical (unpaired) electrons. The number of non-ortho nitro benzene ring substituents is 1. The first-order valence-electron chi connectivity index (χ1n) is 8.64. The summed E-state index contributed by atoms with van der Waals surface area (Å²) in [5.74, 6) is -0.613. The van der Waals surface area contributed by atoms with Crippen molar-refractivity contribution in [2.45, 2.75) is 24.2 Å². The number of hydrogen-bond donors (Lipinski definition) is 1. The first-order valence-corrected chi connectivity index (χ1v) is 10.5. The highest BCUT2D eigenvalue weighted by molar-refractivity contribution is 7.89. The maximum absolute atomic E-state index is 12.8. The molecule has 0 aromatic heterocycles. The first kappa shape index (κ1) is 20.2. The molecule has 1 N–H and O–H groups in total. The smallest absolute Gasteiger partial charge is 0.271 e. The minimum atomic E-state index is -3.68. The third kappa shape index (κ3) is 4.32. The maximum atomic E-state index is 12.8. The maximum Gasteiger partial charge on any atom is 0.271 e. The highest BCUT2D eigenvalue weighted by Crippen LogP contribution is 2.27. The summed E-state index contributed by atoms with van der Waals surface area (Å²) in [6, 6.07) is 9.38. The fourth-order valence-electron chi connectivity index (χ4n) is 2.97. The number of nitro groups is 1. The van der Waals surface area contributed by atoms with E-state index < -0.39 is 20.9 Å². The van der Waals surface area contributed by atoms with Crippen LogP contribution < -0.4 is 5.32 Å². The van der Waals surface area contributed by atoms with Gasteiger partial charge in [0.15, 0.2) is 0 Å². The molecular weight excluding hydrogens is 406 g/mol. The molecule has 3 rings (SSSR count). The van der Waals surface area contributed by atoms with Gasteiger partial charge >= 0.3 is 0 Å². The van der Waals surface area contributed by atoms with Crippen molar-refractivity contribution in [2.75, 3.05) is 18.4 Å². The lowest BCUT2D eigenvalue weighted by atomic mass is 10.2. The normalized spacial score (nSPS) is 15.2. The summed E-state index contributed by atoms with van der Waals surface area (Å²) in [6.45, 7) is 0.921. The van der Waals surface area contributed by atoms with E-state index in [-0.39, 0.29) is 26.9 Å². The van der Waals surface area contributed by atoms with Gasteiger partial charge in [-0.1, -0.05) is 24.1 Å². The van der Waals surface area contributed by atoms with E-state index in [1.165, 1.54) is 40.7 Å². The van der Waals surface area contributed by atoms with E-state index in [9.17, 15) is 23.3 Å². The van der Waals surface area contributed by atoms with Crippen LogP contribution >= 0.6 is 11.6 Å².